The molecule has 0 spiro atoms. The number of aromatic nitrogens is 1. The maximum Gasteiger partial charge on any atom is 0.255 e. The van der Waals surface area contributed by atoms with Crippen LogP contribution in [0.1, 0.15) is 28.8 Å². The highest BCUT2D eigenvalue weighted by molar-refractivity contribution is 6.07. The predicted octanol–water partition coefficient (Wildman–Crippen LogP) is 4.44. The van der Waals surface area contributed by atoms with Gasteiger partial charge in [0.25, 0.3) is 5.91 Å². The summed E-state index contributed by atoms with van der Waals surface area (Å²) in [6.07, 6.45) is 1.59. The zero-order valence-electron chi connectivity index (χ0n) is 18.7. The zero-order chi connectivity index (χ0) is 23.5. The Bertz CT molecular complexity index is 1320. The summed E-state index contributed by atoms with van der Waals surface area (Å²) in [5.41, 5.74) is 9.43. The van der Waals surface area contributed by atoms with Crippen molar-refractivity contribution in [3.8, 4) is 11.3 Å². The molecule has 7 heteroatoms. The van der Waals surface area contributed by atoms with E-state index < -0.39 is 0 Å². The fourth-order valence-corrected chi connectivity index (χ4v) is 4.46. The van der Waals surface area contributed by atoms with Gasteiger partial charge in [0.2, 0.25) is 5.91 Å². The zero-order valence-corrected chi connectivity index (χ0v) is 18.7. The van der Waals surface area contributed by atoms with Crippen molar-refractivity contribution in [3.63, 3.8) is 0 Å². The van der Waals surface area contributed by atoms with Gasteiger partial charge in [-0.15, -0.1) is 0 Å². The number of nitrogens with two attached hydrogens (primary N) is 1. The average Bonchev–Trinajstić information content (AvgIpc) is 3.28. The molecule has 172 valence electrons. The maximum atomic E-state index is 13.0. The number of carbonyl (C=O) groups excluding carboxylic acids is 2. The molecule has 0 bridgehead atoms. The number of rotatable bonds is 6. The Morgan fingerprint density at radius 2 is 1.79 bits per heavy atom. The molecule has 2 heterocycles. The molecule has 0 atom stereocenters. The number of anilines is 1. The minimum Gasteiger partial charge on any atom is -0.369 e. The Morgan fingerprint density at radius 1 is 1.00 bits per heavy atom. The predicted molar refractivity (Wildman–Crippen MR) is 131 cm³/mol. The van der Waals surface area contributed by atoms with Crippen molar-refractivity contribution in [2.24, 2.45) is 11.7 Å². The van der Waals surface area contributed by atoms with Gasteiger partial charge in [-0.1, -0.05) is 47.6 Å². The number of benzene rings is 3. The van der Waals surface area contributed by atoms with E-state index in [0.29, 0.717) is 16.8 Å². The lowest BCUT2D eigenvalue weighted by atomic mass is 9.96. The quantitative estimate of drug-likeness (QED) is 0.448. The van der Waals surface area contributed by atoms with E-state index >= 15 is 0 Å². The van der Waals surface area contributed by atoms with Crippen molar-refractivity contribution in [2.75, 3.05) is 18.4 Å². The van der Waals surface area contributed by atoms with Crippen molar-refractivity contribution in [2.45, 2.75) is 19.4 Å². The molecular weight excluding hydrogens is 428 g/mol. The molecule has 5 rings (SSSR count). The summed E-state index contributed by atoms with van der Waals surface area (Å²) in [6.45, 7) is 2.45. The first-order valence-electron chi connectivity index (χ1n) is 11.4. The van der Waals surface area contributed by atoms with Crippen LogP contribution in [0.2, 0.25) is 0 Å². The number of primary amides is 1. The molecule has 1 aromatic heterocycles. The van der Waals surface area contributed by atoms with Crippen molar-refractivity contribution in [1.29, 1.82) is 0 Å². The second kappa shape index (κ2) is 9.49. The summed E-state index contributed by atoms with van der Waals surface area (Å²) in [7, 11) is 0. The van der Waals surface area contributed by atoms with Gasteiger partial charge in [-0.3, -0.25) is 14.5 Å². The van der Waals surface area contributed by atoms with E-state index in [9.17, 15) is 9.59 Å². The molecule has 0 radical (unpaired) electrons. The molecule has 1 aliphatic heterocycles. The SMILES string of the molecule is NC(=O)C1CCN(Cc2cccc(NC(=O)c3ccc4noc(-c5ccccc5)c4c3)c2)CC1. The lowest BCUT2D eigenvalue weighted by Crippen LogP contribution is -2.38. The van der Waals surface area contributed by atoms with Gasteiger partial charge in [0.1, 0.15) is 5.52 Å². The molecule has 3 aromatic carbocycles. The molecule has 1 aliphatic rings. The second-order valence-electron chi connectivity index (χ2n) is 8.72. The summed E-state index contributed by atoms with van der Waals surface area (Å²) in [5, 5.41) is 7.93. The fraction of sp³-hybridized carbons (Fsp3) is 0.222. The fourth-order valence-electron chi connectivity index (χ4n) is 4.46. The highest BCUT2D eigenvalue weighted by Crippen LogP contribution is 2.29. The van der Waals surface area contributed by atoms with Gasteiger partial charge < -0.3 is 15.6 Å². The first-order chi connectivity index (χ1) is 16.6. The molecule has 1 saturated heterocycles. The summed E-state index contributed by atoms with van der Waals surface area (Å²) in [6, 6.07) is 23.0. The van der Waals surface area contributed by atoms with Crippen molar-refractivity contribution in [3.05, 3.63) is 83.9 Å². The van der Waals surface area contributed by atoms with Crippen LogP contribution in [-0.4, -0.2) is 35.0 Å². The van der Waals surface area contributed by atoms with Gasteiger partial charge in [-0.05, 0) is 61.8 Å². The Labute approximate surface area is 197 Å². The minimum atomic E-state index is -0.204. The molecular formula is C27H26N4O3. The van der Waals surface area contributed by atoms with Crippen LogP contribution >= 0.6 is 0 Å². The van der Waals surface area contributed by atoms with E-state index in [4.69, 9.17) is 10.3 Å². The van der Waals surface area contributed by atoms with Gasteiger partial charge in [-0.2, -0.15) is 0 Å². The summed E-state index contributed by atoms with van der Waals surface area (Å²) < 4.78 is 5.55. The van der Waals surface area contributed by atoms with Crippen LogP contribution in [0.5, 0.6) is 0 Å². The second-order valence-corrected chi connectivity index (χ2v) is 8.72. The molecule has 0 saturated carbocycles. The summed E-state index contributed by atoms with van der Waals surface area (Å²) in [5.74, 6) is 0.227. The molecule has 0 unspecified atom stereocenters. The van der Waals surface area contributed by atoms with E-state index in [0.717, 1.165) is 54.7 Å². The van der Waals surface area contributed by atoms with Crippen LogP contribution < -0.4 is 11.1 Å². The minimum absolute atomic E-state index is 0.0213. The molecule has 7 nitrogen and oxygen atoms in total. The Kier molecular flexibility index (Phi) is 6.10. The number of fused-ring (bicyclic) bond motifs is 1. The number of nitrogens with zero attached hydrogens (tertiary/aromatic N) is 2. The largest absolute Gasteiger partial charge is 0.369 e. The third-order valence-electron chi connectivity index (χ3n) is 6.36. The van der Waals surface area contributed by atoms with Crippen LogP contribution in [0.4, 0.5) is 5.69 Å². The van der Waals surface area contributed by atoms with Crippen LogP contribution in [0, 0.1) is 5.92 Å². The van der Waals surface area contributed by atoms with E-state index in [1.165, 1.54) is 0 Å². The van der Waals surface area contributed by atoms with Gasteiger partial charge in [0.15, 0.2) is 5.76 Å². The Morgan fingerprint density at radius 3 is 2.56 bits per heavy atom. The van der Waals surface area contributed by atoms with E-state index in [2.05, 4.69) is 15.4 Å². The molecule has 34 heavy (non-hydrogen) atoms. The molecule has 0 aliphatic carbocycles. The third kappa shape index (κ3) is 4.70. The number of amides is 2. The van der Waals surface area contributed by atoms with Crippen molar-refractivity contribution < 1.29 is 14.1 Å². The average molecular weight is 455 g/mol. The van der Waals surface area contributed by atoms with E-state index in [1.807, 2.05) is 60.7 Å². The van der Waals surface area contributed by atoms with Crippen LogP contribution in [0.25, 0.3) is 22.2 Å². The number of carbonyl (C=O) groups is 2. The highest BCUT2D eigenvalue weighted by atomic mass is 16.5. The Balaban J connectivity index is 1.29. The van der Waals surface area contributed by atoms with Gasteiger partial charge in [-0.25, -0.2) is 0 Å². The van der Waals surface area contributed by atoms with Crippen molar-refractivity contribution in [1.82, 2.24) is 10.1 Å². The van der Waals surface area contributed by atoms with Gasteiger partial charge in [0, 0.05) is 29.3 Å². The Hall–Kier alpha value is -3.97. The normalized spacial score (nSPS) is 14.8. The maximum absolute atomic E-state index is 13.0. The number of hydrogen-bond acceptors (Lipinski definition) is 5. The van der Waals surface area contributed by atoms with Gasteiger partial charge >= 0.3 is 0 Å². The van der Waals surface area contributed by atoms with E-state index in [1.54, 1.807) is 12.1 Å². The summed E-state index contributed by atoms with van der Waals surface area (Å²) >= 11 is 0. The van der Waals surface area contributed by atoms with Crippen LogP contribution in [-0.2, 0) is 11.3 Å². The first kappa shape index (κ1) is 21.9. The van der Waals surface area contributed by atoms with E-state index in [-0.39, 0.29) is 17.7 Å². The lowest BCUT2D eigenvalue weighted by Gasteiger charge is -2.30. The number of hydrogen-bond donors (Lipinski definition) is 2. The standard InChI is InChI=1S/C27H26N4O3/c28-26(32)20-11-13-31(14-12-20)17-18-5-4-8-22(15-18)29-27(33)21-9-10-24-23(16-21)25(34-30-24)19-6-2-1-3-7-19/h1-10,15-16,20H,11-14,17H2,(H2,28,32)(H,29,33). The molecule has 1 fully saturated rings. The van der Waals surface area contributed by atoms with Gasteiger partial charge in [0.05, 0.1) is 5.39 Å². The number of likely N-dealkylation sites (tertiary alicyclic amines) is 1. The monoisotopic (exact) mass is 454 g/mol. The lowest BCUT2D eigenvalue weighted by molar-refractivity contribution is -0.123. The van der Waals surface area contributed by atoms with Crippen LogP contribution in [0.15, 0.2) is 77.3 Å². The third-order valence-corrected chi connectivity index (χ3v) is 6.36. The molecule has 3 N–H and O–H groups in total. The molecule has 2 amide bonds. The topological polar surface area (TPSA) is 101 Å². The highest BCUT2D eigenvalue weighted by Gasteiger charge is 2.23. The molecule has 4 aromatic rings. The van der Waals surface area contributed by atoms with Crippen molar-refractivity contribution >= 4 is 28.4 Å². The van der Waals surface area contributed by atoms with Crippen LogP contribution in [0.3, 0.4) is 0 Å². The first-order valence-corrected chi connectivity index (χ1v) is 11.4. The summed E-state index contributed by atoms with van der Waals surface area (Å²) in [4.78, 5) is 26.7. The number of piperidine rings is 1. The smallest absolute Gasteiger partial charge is 0.255 e. The number of nitrogens with one attached hydrogen (secondary N) is 1.